The summed E-state index contributed by atoms with van der Waals surface area (Å²) in [5.74, 6) is 1.54. The number of nitrogens with zero attached hydrogens (tertiary/aromatic N) is 2. The van der Waals surface area contributed by atoms with E-state index in [1.807, 2.05) is 30.3 Å². The fraction of sp³-hybridized carbons (Fsp3) is 0.269. The van der Waals surface area contributed by atoms with Gasteiger partial charge >= 0.3 is 0 Å². The number of hydrogen-bond donors (Lipinski definition) is 0. The monoisotopic (exact) mass is 386 g/mol. The van der Waals surface area contributed by atoms with E-state index in [4.69, 9.17) is 4.98 Å². The predicted octanol–water partition coefficient (Wildman–Crippen LogP) is 6.57. The van der Waals surface area contributed by atoms with Crippen LogP contribution < -0.4 is 0 Å². The van der Waals surface area contributed by atoms with Crippen LogP contribution in [0.2, 0.25) is 0 Å². The van der Waals surface area contributed by atoms with E-state index in [-0.39, 0.29) is 11.7 Å². The zero-order valence-corrected chi connectivity index (χ0v) is 17.3. The number of hydrogen-bond acceptors (Lipinski definition) is 1. The van der Waals surface area contributed by atoms with E-state index in [0.717, 1.165) is 23.3 Å². The first-order chi connectivity index (χ1) is 14.0. The van der Waals surface area contributed by atoms with Crippen molar-refractivity contribution in [2.45, 2.75) is 39.7 Å². The molecule has 0 aliphatic carbocycles. The molecule has 4 aromatic rings. The number of para-hydroxylation sites is 2. The molecule has 0 aliphatic heterocycles. The van der Waals surface area contributed by atoms with Gasteiger partial charge < -0.3 is 4.57 Å². The summed E-state index contributed by atoms with van der Waals surface area (Å²) in [6, 6.07) is 23.9. The smallest absolute Gasteiger partial charge is 0.128 e. The van der Waals surface area contributed by atoms with Crippen LogP contribution in [0.1, 0.15) is 49.2 Å². The first kappa shape index (κ1) is 19.4. The Bertz CT molecular complexity index is 1110. The van der Waals surface area contributed by atoms with Gasteiger partial charge in [0.25, 0.3) is 0 Å². The van der Waals surface area contributed by atoms with Gasteiger partial charge in [-0.05, 0) is 41.7 Å². The summed E-state index contributed by atoms with van der Waals surface area (Å²) in [6.07, 6.45) is 1.08. The average Bonchev–Trinajstić information content (AvgIpc) is 3.08. The van der Waals surface area contributed by atoms with Crippen molar-refractivity contribution in [1.29, 1.82) is 0 Å². The maximum Gasteiger partial charge on any atom is 0.128 e. The molecule has 148 valence electrons. The number of halogens is 1. The van der Waals surface area contributed by atoms with Crippen molar-refractivity contribution in [3.8, 4) is 0 Å². The zero-order chi connectivity index (χ0) is 20.4. The Kier molecular flexibility index (Phi) is 5.48. The topological polar surface area (TPSA) is 17.8 Å². The first-order valence-electron chi connectivity index (χ1n) is 10.3. The minimum absolute atomic E-state index is 0.113. The minimum Gasteiger partial charge on any atom is -0.323 e. The van der Waals surface area contributed by atoms with Crippen LogP contribution in [0.15, 0.2) is 72.8 Å². The van der Waals surface area contributed by atoms with Crippen LogP contribution >= 0.6 is 0 Å². The summed E-state index contributed by atoms with van der Waals surface area (Å²) < 4.78 is 16.5. The second kappa shape index (κ2) is 8.20. The van der Waals surface area contributed by atoms with Gasteiger partial charge in [0.05, 0.1) is 17.6 Å². The molecular weight excluding hydrogens is 359 g/mol. The molecule has 3 aromatic carbocycles. The number of rotatable bonds is 6. The highest BCUT2D eigenvalue weighted by atomic mass is 19.1. The Labute approximate surface area is 172 Å². The summed E-state index contributed by atoms with van der Waals surface area (Å²) in [4.78, 5) is 4.93. The van der Waals surface area contributed by atoms with Crippen LogP contribution in [0.25, 0.3) is 11.0 Å². The molecule has 0 saturated carbocycles. The Balaban J connectivity index is 1.74. The van der Waals surface area contributed by atoms with E-state index in [2.05, 4.69) is 55.7 Å². The Morgan fingerprint density at radius 1 is 0.862 bits per heavy atom. The maximum atomic E-state index is 14.4. The van der Waals surface area contributed by atoms with E-state index >= 15 is 0 Å². The molecule has 0 spiro atoms. The number of fused-ring (bicyclic) bond motifs is 1. The Morgan fingerprint density at radius 2 is 1.55 bits per heavy atom. The highest BCUT2D eigenvalue weighted by molar-refractivity contribution is 5.76. The molecular formula is C26H27FN2. The maximum absolute atomic E-state index is 14.4. The number of aromatic nitrogens is 2. The molecule has 0 N–H and O–H groups in total. The van der Waals surface area contributed by atoms with Crippen LogP contribution in [0.4, 0.5) is 4.39 Å². The predicted molar refractivity (Wildman–Crippen MR) is 118 cm³/mol. The van der Waals surface area contributed by atoms with E-state index in [1.165, 1.54) is 17.2 Å². The van der Waals surface area contributed by atoms with Crippen LogP contribution in [0.5, 0.6) is 0 Å². The molecule has 0 amide bonds. The van der Waals surface area contributed by atoms with Crippen molar-refractivity contribution in [3.63, 3.8) is 0 Å². The number of benzene rings is 3. The van der Waals surface area contributed by atoms with Gasteiger partial charge in [-0.25, -0.2) is 9.37 Å². The molecule has 4 rings (SSSR count). The average molecular weight is 387 g/mol. The van der Waals surface area contributed by atoms with E-state index in [0.29, 0.717) is 18.0 Å². The van der Waals surface area contributed by atoms with Gasteiger partial charge in [-0.15, -0.1) is 0 Å². The SMILES string of the molecule is CC(C)Cc1ccc([C@@H](C)c2nc3ccccc3n2Cc2ccccc2F)cc1. The first-order valence-corrected chi connectivity index (χ1v) is 10.3. The quantitative estimate of drug-likeness (QED) is 0.366. The lowest BCUT2D eigenvalue weighted by Crippen LogP contribution is -2.10. The lowest BCUT2D eigenvalue weighted by Gasteiger charge is -2.16. The zero-order valence-electron chi connectivity index (χ0n) is 17.3. The standard InChI is InChI=1S/C26H27FN2/c1-18(2)16-20-12-14-21(15-13-20)19(3)26-28-24-10-6-7-11-25(24)29(26)17-22-8-4-5-9-23(22)27/h4-15,18-19H,16-17H2,1-3H3/t19-/m1/s1. The molecule has 1 heterocycles. The Hall–Kier alpha value is -2.94. The van der Waals surface area contributed by atoms with Crippen LogP contribution in [-0.2, 0) is 13.0 Å². The van der Waals surface area contributed by atoms with Gasteiger partial charge in [-0.2, -0.15) is 0 Å². The molecule has 0 aliphatic rings. The molecule has 0 bridgehead atoms. The molecule has 0 radical (unpaired) electrons. The summed E-state index contributed by atoms with van der Waals surface area (Å²) in [5, 5.41) is 0. The van der Waals surface area contributed by atoms with Crippen molar-refractivity contribution in [1.82, 2.24) is 9.55 Å². The van der Waals surface area contributed by atoms with Crippen LogP contribution in [0, 0.1) is 11.7 Å². The molecule has 0 saturated heterocycles. The van der Waals surface area contributed by atoms with Crippen LogP contribution in [-0.4, -0.2) is 9.55 Å². The molecule has 1 aromatic heterocycles. The van der Waals surface area contributed by atoms with E-state index in [1.54, 1.807) is 6.07 Å². The minimum atomic E-state index is -0.179. The fourth-order valence-electron chi connectivity index (χ4n) is 3.95. The third-order valence-corrected chi connectivity index (χ3v) is 5.48. The second-order valence-corrected chi connectivity index (χ2v) is 8.20. The highest BCUT2D eigenvalue weighted by Gasteiger charge is 2.19. The third kappa shape index (κ3) is 4.09. The van der Waals surface area contributed by atoms with Gasteiger partial charge in [0.15, 0.2) is 0 Å². The number of imidazole rings is 1. The largest absolute Gasteiger partial charge is 0.323 e. The summed E-state index contributed by atoms with van der Waals surface area (Å²) >= 11 is 0. The Morgan fingerprint density at radius 3 is 2.28 bits per heavy atom. The molecule has 3 heteroatoms. The summed E-state index contributed by atoms with van der Waals surface area (Å²) in [7, 11) is 0. The molecule has 2 nitrogen and oxygen atoms in total. The van der Waals surface area contributed by atoms with Gasteiger partial charge in [-0.3, -0.25) is 0 Å². The van der Waals surface area contributed by atoms with Crippen molar-refractivity contribution in [2.75, 3.05) is 0 Å². The normalized spacial score (nSPS) is 12.6. The van der Waals surface area contributed by atoms with Crippen molar-refractivity contribution < 1.29 is 4.39 Å². The van der Waals surface area contributed by atoms with Crippen molar-refractivity contribution >= 4 is 11.0 Å². The summed E-state index contributed by atoms with van der Waals surface area (Å²) in [6.45, 7) is 7.12. The molecule has 1 atom stereocenters. The van der Waals surface area contributed by atoms with Gasteiger partial charge in [0.1, 0.15) is 11.6 Å². The highest BCUT2D eigenvalue weighted by Crippen LogP contribution is 2.29. The van der Waals surface area contributed by atoms with Crippen molar-refractivity contribution in [3.05, 3.63) is 101 Å². The third-order valence-electron chi connectivity index (χ3n) is 5.48. The summed E-state index contributed by atoms with van der Waals surface area (Å²) in [5.41, 5.74) is 5.24. The van der Waals surface area contributed by atoms with Gasteiger partial charge in [0, 0.05) is 11.5 Å². The lowest BCUT2D eigenvalue weighted by atomic mass is 9.96. The lowest BCUT2D eigenvalue weighted by molar-refractivity contribution is 0.594. The van der Waals surface area contributed by atoms with Gasteiger partial charge in [-0.1, -0.05) is 75.4 Å². The second-order valence-electron chi connectivity index (χ2n) is 8.20. The van der Waals surface area contributed by atoms with Crippen LogP contribution in [0.3, 0.4) is 0 Å². The molecule has 0 unspecified atom stereocenters. The molecule has 0 fully saturated rings. The molecule has 29 heavy (non-hydrogen) atoms. The fourth-order valence-corrected chi connectivity index (χ4v) is 3.95. The van der Waals surface area contributed by atoms with E-state index in [9.17, 15) is 4.39 Å². The van der Waals surface area contributed by atoms with E-state index < -0.39 is 0 Å². The van der Waals surface area contributed by atoms with Crippen molar-refractivity contribution in [2.24, 2.45) is 5.92 Å². The van der Waals surface area contributed by atoms with Gasteiger partial charge in [0.2, 0.25) is 0 Å².